The van der Waals surface area contributed by atoms with Crippen LogP contribution in [0, 0.1) is 5.92 Å². The highest BCUT2D eigenvalue weighted by molar-refractivity contribution is 4.94. The second kappa shape index (κ2) is 4.84. The van der Waals surface area contributed by atoms with Gasteiger partial charge in [0.15, 0.2) is 0 Å². The SMILES string of the molecule is CC1CCC(CO)(NC2CCCC2)CC1. The van der Waals surface area contributed by atoms with Crippen LogP contribution in [0.2, 0.25) is 0 Å². The molecule has 0 heterocycles. The van der Waals surface area contributed by atoms with Crippen LogP contribution in [0.5, 0.6) is 0 Å². The molecule has 88 valence electrons. The van der Waals surface area contributed by atoms with Crippen LogP contribution in [0.1, 0.15) is 58.3 Å². The summed E-state index contributed by atoms with van der Waals surface area (Å²) in [5.74, 6) is 0.857. The van der Waals surface area contributed by atoms with E-state index in [1.54, 1.807) is 0 Å². The minimum atomic E-state index is 0.0709. The van der Waals surface area contributed by atoms with Gasteiger partial charge >= 0.3 is 0 Å². The molecule has 0 spiro atoms. The standard InChI is InChI=1S/C13H25NO/c1-11-6-8-13(10-15,9-7-11)14-12-4-2-3-5-12/h11-12,14-15H,2-10H2,1H3. The summed E-state index contributed by atoms with van der Waals surface area (Å²) in [6, 6.07) is 0.686. The minimum absolute atomic E-state index is 0.0709. The zero-order valence-corrected chi connectivity index (χ0v) is 9.97. The van der Waals surface area contributed by atoms with E-state index in [0.717, 1.165) is 5.92 Å². The molecule has 0 bridgehead atoms. The van der Waals surface area contributed by atoms with Crippen LogP contribution in [-0.2, 0) is 0 Å². The molecule has 2 nitrogen and oxygen atoms in total. The Hall–Kier alpha value is -0.0800. The lowest BCUT2D eigenvalue weighted by Crippen LogP contribution is -2.54. The summed E-state index contributed by atoms with van der Waals surface area (Å²) < 4.78 is 0. The fourth-order valence-electron chi connectivity index (χ4n) is 3.17. The molecule has 15 heavy (non-hydrogen) atoms. The zero-order valence-electron chi connectivity index (χ0n) is 9.97. The predicted molar refractivity (Wildman–Crippen MR) is 62.8 cm³/mol. The number of nitrogens with one attached hydrogen (secondary N) is 1. The number of hydrogen-bond acceptors (Lipinski definition) is 2. The first kappa shape index (κ1) is 11.4. The third-order valence-corrected chi connectivity index (χ3v) is 4.40. The molecule has 0 amide bonds. The fourth-order valence-corrected chi connectivity index (χ4v) is 3.17. The van der Waals surface area contributed by atoms with E-state index >= 15 is 0 Å². The number of hydrogen-bond donors (Lipinski definition) is 2. The van der Waals surface area contributed by atoms with Gasteiger partial charge in [0.25, 0.3) is 0 Å². The lowest BCUT2D eigenvalue weighted by atomic mass is 9.77. The van der Waals surface area contributed by atoms with Crippen molar-refractivity contribution in [2.24, 2.45) is 5.92 Å². The molecule has 0 radical (unpaired) electrons. The molecule has 2 rings (SSSR count). The molecule has 0 atom stereocenters. The Bertz CT molecular complexity index is 191. The summed E-state index contributed by atoms with van der Waals surface area (Å²) in [5.41, 5.74) is 0.0709. The van der Waals surface area contributed by atoms with Gasteiger partial charge in [0, 0.05) is 11.6 Å². The van der Waals surface area contributed by atoms with Crippen molar-refractivity contribution in [2.45, 2.75) is 69.9 Å². The normalized spacial score (nSPS) is 38.4. The largest absolute Gasteiger partial charge is 0.394 e. The van der Waals surface area contributed by atoms with Crippen LogP contribution >= 0.6 is 0 Å². The highest BCUT2D eigenvalue weighted by Crippen LogP contribution is 2.33. The summed E-state index contributed by atoms with van der Waals surface area (Å²) in [6.07, 6.45) is 10.3. The maximum atomic E-state index is 9.63. The van der Waals surface area contributed by atoms with Crippen LogP contribution in [0.4, 0.5) is 0 Å². The van der Waals surface area contributed by atoms with Gasteiger partial charge in [-0.2, -0.15) is 0 Å². The highest BCUT2D eigenvalue weighted by atomic mass is 16.3. The first-order chi connectivity index (χ1) is 7.24. The number of rotatable bonds is 3. The van der Waals surface area contributed by atoms with Gasteiger partial charge in [0.05, 0.1) is 6.61 Å². The van der Waals surface area contributed by atoms with Crippen LogP contribution < -0.4 is 5.32 Å². The lowest BCUT2D eigenvalue weighted by molar-refractivity contribution is 0.0946. The predicted octanol–water partition coefficient (Wildman–Crippen LogP) is 2.46. The monoisotopic (exact) mass is 211 g/mol. The molecule has 0 aliphatic heterocycles. The van der Waals surface area contributed by atoms with Crippen molar-refractivity contribution in [3.63, 3.8) is 0 Å². The molecular formula is C13H25NO. The van der Waals surface area contributed by atoms with E-state index in [1.807, 2.05) is 0 Å². The van der Waals surface area contributed by atoms with Gasteiger partial charge in [-0.3, -0.25) is 0 Å². The zero-order chi connectivity index (χ0) is 10.7. The van der Waals surface area contributed by atoms with Crippen molar-refractivity contribution < 1.29 is 5.11 Å². The molecule has 2 heteroatoms. The maximum Gasteiger partial charge on any atom is 0.0613 e. The molecule has 2 aliphatic rings. The van der Waals surface area contributed by atoms with Crippen LogP contribution in [-0.4, -0.2) is 23.3 Å². The van der Waals surface area contributed by atoms with Crippen molar-refractivity contribution >= 4 is 0 Å². The Morgan fingerprint density at radius 3 is 2.27 bits per heavy atom. The maximum absolute atomic E-state index is 9.63. The molecule has 0 aromatic heterocycles. The summed E-state index contributed by atoms with van der Waals surface area (Å²) >= 11 is 0. The van der Waals surface area contributed by atoms with Gasteiger partial charge in [-0.25, -0.2) is 0 Å². The van der Waals surface area contributed by atoms with E-state index in [2.05, 4.69) is 12.2 Å². The average molecular weight is 211 g/mol. The molecule has 2 N–H and O–H groups in total. The fraction of sp³-hybridized carbons (Fsp3) is 1.00. The Kier molecular flexibility index (Phi) is 3.68. The van der Waals surface area contributed by atoms with E-state index in [-0.39, 0.29) is 5.54 Å². The molecule has 0 unspecified atom stereocenters. The third kappa shape index (κ3) is 2.73. The molecule has 0 aromatic carbocycles. The van der Waals surface area contributed by atoms with E-state index in [4.69, 9.17) is 0 Å². The summed E-state index contributed by atoms with van der Waals surface area (Å²) in [7, 11) is 0. The van der Waals surface area contributed by atoms with Gasteiger partial charge in [-0.1, -0.05) is 19.8 Å². The Morgan fingerprint density at radius 1 is 1.13 bits per heavy atom. The second-order valence-electron chi connectivity index (χ2n) is 5.75. The first-order valence-corrected chi connectivity index (χ1v) is 6.63. The van der Waals surface area contributed by atoms with E-state index in [0.29, 0.717) is 12.6 Å². The molecular weight excluding hydrogens is 186 g/mol. The molecule has 0 saturated heterocycles. The Balaban J connectivity index is 1.89. The average Bonchev–Trinajstić information content (AvgIpc) is 2.75. The van der Waals surface area contributed by atoms with Gasteiger partial charge in [0.2, 0.25) is 0 Å². The van der Waals surface area contributed by atoms with Gasteiger partial charge in [0.1, 0.15) is 0 Å². The second-order valence-corrected chi connectivity index (χ2v) is 5.75. The third-order valence-electron chi connectivity index (χ3n) is 4.40. The van der Waals surface area contributed by atoms with Crippen molar-refractivity contribution in [1.82, 2.24) is 5.32 Å². The summed E-state index contributed by atoms with van der Waals surface area (Å²) in [5, 5.41) is 13.4. The Labute approximate surface area is 93.5 Å². The molecule has 2 aliphatic carbocycles. The van der Waals surface area contributed by atoms with Crippen molar-refractivity contribution in [3.8, 4) is 0 Å². The van der Waals surface area contributed by atoms with E-state index in [9.17, 15) is 5.11 Å². The summed E-state index contributed by atoms with van der Waals surface area (Å²) in [4.78, 5) is 0. The smallest absolute Gasteiger partial charge is 0.0613 e. The Morgan fingerprint density at radius 2 is 1.73 bits per heavy atom. The van der Waals surface area contributed by atoms with Crippen LogP contribution in [0.3, 0.4) is 0 Å². The van der Waals surface area contributed by atoms with E-state index in [1.165, 1.54) is 51.4 Å². The van der Waals surface area contributed by atoms with Crippen molar-refractivity contribution in [2.75, 3.05) is 6.61 Å². The van der Waals surface area contributed by atoms with E-state index < -0.39 is 0 Å². The molecule has 0 aromatic rings. The first-order valence-electron chi connectivity index (χ1n) is 6.63. The quantitative estimate of drug-likeness (QED) is 0.751. The minimum Gasteiger partial charge on any atom is -0.394 e. The number of aliphatic hydroxyl groups is 1. The summed E-state index contributed by atoms with van der Waals surface area (Å²) in [6.45, 7) is 2.66. The van der Waals surface area contributed by atoms with Gasteiger partial charge in [-0.15, -0.1) is 0 Å². The van der Waals surface area contributed by atoms with Gasteiger partial charge < -0.3 is 10.4 Å². The molecule has 2 fully saturated rings. The van der Waals surface area contributed by atoms with Crippen LogP contribution in [0.15, 0.2) is 0 Å². The topological polar surface area (TPSA) is 32.3 Å². The molecule has 2 saturated carbocycles. The van der Waals surface area contributed by atoms with Crippen LogP contribution in [0.25, 0.3) is 0 Å². The van der Waals surface area contributed by atoms with Gasteiger partial charge in [-0.05, 0) is 44.4 Å². The highest BCUT2D eigenvalue weighted by Gasteiger charge is 2.35. The lowest BCUT2D eigenvalue weighted by Gasteiger charge is -2.41. The van der Waals surface area contributed by atoms with Crippen molar-refractivity contribution in [1.29, 1.82) is 0 Å². The van der Waals surface area contributed by atoms with Crippen molar-refractivity contribution in [3.05, 3.63) is 0 Å². The number of aliphatic hydroxyl groups excluding tert-OH is 1.